The van der Waals surface area contributed by atoms with Gasteiger partial charge in [0.15, 0.2) is 21.3 Å². The van der Waals surface area contributed by atoms with Gasteiger partial charge < -0.3 is 4.74 Å². The summed E-state index contributed by atoms with van der Waals surface area (Å²) in [6.45, 7) is 1.55. The van der Waals surface area contributed by atoms with E-state index in [1.807, 2.05) is 0 Å². The van der Waals surface area contributed by atoms with Gasteiger partial charge in [-0.1, -0.05) is 6.92 Å². The molecule has 9 heteroatoms. The number of pyridine rings is 1. The molecule has 0 radical (unpaired) electrons. The first-order valence-corrected chi connectivity index (χ1v) is 6.74. The van der Waals surface area contributed by atoms with Crippen LogP contribution in [0.15, 0.2) is 17.2 Å². The fourth-order valence-corrected chi connectivity index (χ4v) is 2.94. The van der Waals surface area contributed by atoms with Crippen molar-refractivity contribution in [1.82, 2.24) is 4.98 Å². The molecule has 0 atom stereocenters. The number of alkyl halides is 3. The Morgan fingerprint density at radius 1 is 1.47 bits per heavy atom. The molecule has 0 fully saturated rings. The van der Waals surface area contributed by atoms with Crippen LogP contribution in [0.4, 0.5) is 13.2 Å². The molecule has 104 valence electrons. The summed E-state index contributed by atoms with van der Waals surface area (Å²) in [6, 6.07) is 2.21. The number of halogens is 3. The number of hydrogen-bond donors (Lipinski definition) is 0. The summed E-state index contributed by atoms with van der Waals surface area (Å²) >= 11 is 0. The van der Waals surface area contributed by atoms with Crippen LogP contribution in [-0.2, 0) is 9.84 Å². The Morgan fingerprint density at radius 2 is 2.11 bits per heavy atom. The monoisotopic (exact) mass is 294 g/mol. The molecule has 0 saturated carbocycles. The lowest BCUT2D eigenvalue weighted by Crippen LogP contribution is -2.20. The van der Waals surface area contributed by atoms with Crippen molar-refractivity contribution in [2.45, 2.75) is 24.6 Å². The molecule has 0 spiro atoms. The normalized spacial score (nSPS) is 11.9. The lowest BCUT2D eigenvalue weighted by atomic mass is 10.3. The third kappa shape index (κ3) is 3.82. The summed E-state index contributed by atoms with van der Waals surface area (Å²) < 4.78 is 64.0. The topological polar surface area (TPSA) is 80.1 Å². The Hall–Kier alpha value is -1.82. The number of nitrogens with zero attached hydrogens (tertiary/aromatic N) is 2. The van der Waals surface area contributed by atoms with E-state index in [4.69, 9.17) is 5.26 Å². The van der Waals surface area contributed by atoms with Gasteiger partial charge in [-0.3, -0.25) is 0 Å². The van der Waals surface area contributed by atoms with Crippen molar-refractivity contribution >= 4 is 9.84 Å². The number of nitriles is 1. The molecule has 0 N–H and O–H groups in total. The highest BCUT2D eigenvalue weighted by atomic mass is 32.2. The molecular weight excluding hydrogens is 285 g/mol. The van der Waals surface area contributed by atoms with Gasteiger partial charge in [-0.25, -0.2) is 13.4 Å². The summed E-state index contributed by atoms with van der Waals surface area (Å²) in [5, 5.41) is 8.76. The van der Waals surface area contributed by atoms with Gasteiger partial charge in [-0.2, -0.15) is 5.26 Å². The van der Waals surface area contributed by atoms with E-state index in [9.17, 15) is 21.6 Å². The van der Waals surface area contributed by atoms with E-state index in [-0.39, 0.29) is 6.42 Å². The molecular formula is C10H9F3N2O3S. The van der Waals surface area contributed by atoms with Crippen LogP contribution >= 0.6 is 0 Å². The Morgan fingerprint density at radius 3 is 2.58 bits per heavy atom. The van der Waals surface area contributed by atoms with Crippen LogP contribution in [0, 0.1) is 11.3 Å². The van der Waals surface area contributed by atoms with Crippen LogP contribution in [0.3, 0.4) is 0 Å². The molecule has 19 heavy (non-hydrogen) atoms. The molecule has 1 aromatic heterocycles. The highest BCUT2D eigenvalue weighted by Crippen LogP contribution is 2.31. The standard InChI is InChI=1S/C10H9F3N2O3S/c1-2-5-19(16,17)9-7(6-14)15-4-3-8(9)18-10(11,12)13/h3-4H,2,5H2,1H3. The smallest absolute Gasteiger partial charge is 0.404 e. The maximum absolute atomic E-state index is 12.2. The summed E-state index contributed by atoms with van der Waals surface area (Å²) in [6.07, 6.45) is -3.98. The minimum Gasteiger partial charge on any atom is -0.404 e. The van der Waals surface area contributed by atoms with Crippen molar-refractivity contribution in [1.29, 1.82) is 5.26 Å². The first-order chi connectivity index (χ1) is 8.71. The van der Waals surface area contributed by atoms with Gasteiger partial charge >= 0.3 is 6.36 Å². The predicted molar refractivity (Wildman–Crippen MR) is 58.0 cm³/mol. The van der Waals surface area contributed by atoms with E-state index >= 15 is 0 Å². The fourth-order valence-electron chi connectivity index (χ4n) is 1.39. The van der Waals surface area contributed by atoms with Gasteiger partial charge in [0.25, 0.3) is 0 Å². The molecule has 0 aliphatic rings. The van der Waals surface area contributed by atoms with E-state index in [1.165, 1.54) is 6.07 Å². The zero-order valence-electron chi connectivity index (χ0n) is 9.73. The van der Waals surface area contributed by atoms with Crippen LogP contribution < -0.4 is 4.74 Å². The highest BCUT2D eigenvalue weighted by molar-refractivity contribution is 7.91. The molecule has 5 nitrogen and oxygen atoms in total. The fraction of sp³-hybridized carbons (Fsp3) is 0.400. The van der Waals surface area contributed by atoms with Gasteiger partial charge in [0.1, 0.15) is 11.0 Å². The Bertz CT molecular complexity index is 605. The van der Waals surface area contributed by atoms with Crippen LogP contribution in [0.5, 0.6) is 5.75 Å². The largest absolute Gasteiger partial charge is 0.573 e. The van der Waals surface area contributed by atoms with Gasteiger partial charge in [0, 0.05) is 12.3 Å². The molecule has 0 unspecified atom stereocenters. The van der Waals surface area contributed by atoms with E-state index in [0.29, 0.717) is 0 Å². The van der Waals surface area contributed by atoms with Crippen LogP contribution in [0.25, 0.3) is 0 Å². The minimum atomic E-state index is -5.05. The summed E-state index contributed by atoms with van der Waals surface area (Å²) in [4.78, 5) is 2.63. The molecule has 1 aromatic rings. The quantitative estimate of drug-likeness (QED) is 0.849. The number of ether oxygens (including phenoxy) is 1. The lowest BCUT2D eigenvalue weighted by Gasteiger charge is -2.13. The van der Waals surface area contributed by atoms with E-state index in [2.05, 4.69) is 9.72 Å². The zero-order valence-corrected chi connectivity index (χ0v) is 10.5. The van der Waals surface area contributed by atoms with Crippen molar-refractivity contribution < 1.29 is 26.3 Å². The zero-order chi connectivity index (χ0) is 14.7. The van der Waals surface area contributed by atoms with Gasteiger partial charge in [-0.05, 0) is 6.42 Å². The lowest BCUT2D eigenvalue weighted by molar-refractivity contribution is -0.275. The number of aromatic nitrogens is 1. The molecule has 0 aromatic carbocycles. The first kappa shape index (κ1) is 15.2. The maximum Gasteiger partial charge on any atom is 0.573 e. The van der Waals surface area contributed by atoms with Crippen LogP contribution in [-0.4, -0.2) is 25.5 Å². The second kappa shape index (κ2) is 5.44. The van der Waals surface area contributed by atoms with Crippen LogP contribution in [0.2, 0.25) is 0 Å². The maximum atomic E-state index is 12.2. The molecule has 1 heterocycles. The van der Waals surface area contributed by atoms with Crippen molar-refractivity contribution in [3.8, 4) is 11.8 Å². The molecule has 0 saturated heterocycles. The van der Waals surface area contributed by atoms with E-state index in [0.717, 1.165) is 12.3 Å². The van der Waals surface area contributed by atoms with E-state index < -0.39 is 38.3 Å². The third-order valence-corrected chi connectivity index (χ3v) is 3.95. The Balaban J connectivity index is 3.47. The summed E-state index contributed by atoms with van der Waals surface area (Å²) in [5.74, 6) is -1.34. The van der Waals surface area contributed by atoms with Crippen molar-refractivity contribution in [2.24, 2.45) is 0 Å². The van der Waals surface area contributed by atoms with Gasteiger partial charge in [-0.15, -0.1) is 13.2 Å². The highest BCUT2D eigenvalue weighted by Gasteiger charge is 2.35. The van der Waals surface area contributed by atoms with Crippen molar-refractivity contribution in [3.05, 3.63) is 18.0 Å². The summed E-state index contributed by atoms with van der Waals surface area (Å²) in [7, 11) is -4.07. The van der Waals surface area contributed by atoms with Gasteiger partial charge in [0.05, 0.1) is 5.75 Å². The predicted octanol–water partition coefficient (Wildman–Crippen LogP) is 2.04. The van der Waals surface area contributed by atoms with Crippen LogP contribution in [0.1, 0.15) is 19.0 Å². The number of sulfone groups is 1. The molecule has 0 bridgehead atoms. The molecule has 1 rings (SSSR count). The average Bonchev–Trinajstić information content (AvgIpc) is 2.26. The molecule has 0 aliphatic carbocycles. The minimum absolute atomic E-state index is 0.188. The molecule has 0 aliphatic heterocycles. The summed E-state index contributed by atoms with van der Waals surface area (Å²) in [5.41, 5.74) is -0.616. The number of hydrogen-bond acceptors (Lipinski definition) is 5. The SMILES string of the molecule is CCCS(=O)(=O)c1c(OC(F)(F)F)ccnc1C#N. The number of rotatable bonds is 4. The Kier molecular flexibility index (Phi) is 4.36. The van der Waals surface area contributed by atoms with E-state index in [1.54, 1.807) is 6.92 Å². The average molecular weight is 294 g/mol. The third-order valence-electron chi connectivity index (χ3n) is 1.98. The first-order valence-electron chi connectivity index (χ1n) is 5.09. The second-order valence-corrected chi connectivity index (χ2v) is 5.51. The Labute approximate surface area is 107 Å². The molecule has 0 amide bonds. The van der Waals surface area contributed by atoms with Crippen molar-refractivity contribution in [2.75, 3.05) is 5.75 Å². The van der Waals surface area contributed by atoms with Crippen molar-refractivity contribution in [3.63, 3.8) is 0 Å². The van der Waals surface area contributed by atoms with Gasteiger partial charge in [0.2, 0.25) is 0 Å². The second-order valence-electron chi connectivity index (χ2n) is 3.47.